The number of rotatable bonds is 2. The first kappa shape index (κ1) is 11.7. The van der Waals surface area contributed by atoms with Crippen molar-refractivity contribution in [3.63, 3.8) is 0 Å². The summed E-state index contributed by atoms with van der Waals surface area (Å²) in [5, 5.41) is 0. The van der Waals surface area contributed by atoms with E-state index in [-0.39, 0.29) is 0 Å². The summed E-state index contributed by atoms with van der Waals surface area (Å²) in [6, 6.07) is 4.37. The Morgan fingerprint density at radius 2 is 1.95 bits per heavy atom. The molecule has 1 aromatic heterocycles. The summed E-state index contributed by atoms with van der Waals surface area (Å²) in [5.41, 5.74) is 3.78. The fourth-order valence-electron chi connectivity index (χ4n) is 2.35. The van der Waals surface area contributed by atoms with Gasteiger partial charge in [0.15, 0.2) is 0 Å². The summed E-state index contributed by atoms with van der Waals surface area (Å²) in [7, 11) is 2.11. The van der Waals surface area contributed by atoms with Crippen LogP contribution in [0.25, 0.3) is 6.08 Å². The quantitative estimate of drug-likeness (QED) is 0.798. The van der Waals surface area contributed by atoms with Gasteiger partial charge in [-0.15, -0.1) is 0 Å². The fraction of sp³-hybridized carbons (Fsp3) is 0.118. The Morgan fingerprint density at radius 3 is 2.79 bits per heavy atom. The molecule has 0 aromatic carbocycles. The summed E-state index contributed by atoms with van der Waals surface area (Å²) >= 11 is 0. The van der Waals surface area contributed by atoms with Crippen LogP contribution in [0.2, 0.25) is 0 Å². The lowest BCUT2D eigenvalue weighted by Crippen LogP contribution is -2.30. The van der Waals surface area contributed by atoms with Crippen LogP contribution >= 0.6 is 0 Å². The second-order valence-corrected chi connectivity index (χ2v) is 4.69. The maximum absolute atomic E-state index is 4.03. The first-order valence-corrected chi connectivity index (χ1v) is 6.42. The maximum Gasteiger partial charge on any atom is 0.0726 e. The molecule has 1 unspecified atom stereocenters. The van der Waals surface area contributed by atoms with Gasteiger partial charge in [-0.3, -0.25) is 4.98 Å². The van der Waals surface area contributed by atoms with Crippen molar-refractivity contribution < 1.29 is 0 Å². The topological polar surface area (TPSA) is 16.1 Å². The standard InChI is InChI=1S/C17H16N2/c1-19-13-10-15(16-4-2-3-5-17(16)19)7-6-14-8-11-18-12-9-14/h2-13,17H,1H3/b7-6+. The number of aromatic nitrogens is 1. The number of fused-ring (bicyclic) bond motifs is 1. The van der Waals surface area contributed by atoms with Gasteiger partial charge in [0.25, 0.3) is 0 Å². The molecule has 19 heavy (non-hydrogen) atoms. The highest BCUT2D eigenvalue weighted by Crippen LogP contribution is 2.26. The lowest BCUT2D eigenvalue weighted by atomic mass is 9.92. The Labute approximate surface area is 113 Å². The van der Waals surface area contributed by atoms with Gasteiger partial charge in [0.1, 0.15) is 0 Å². The Bertz CT molecular complexity index is 603. The molecule has 0 fully saturated rings. The number of allylic oxidation sites excluding steroid dienone is 5. The van der Waals surface area contributed by atoms with Gasteiger partial charge in [-0.05, 0) is 34.9 Å². The molecule has 0 spiro atoms. The van der Waals surface area contributed by atoms with E-state index in [2.05, 4.69) is 65.7 Å². The van der Waals surface area contributed by atoms with Crippen molar-refractivity contribution in [2.24, 2.45) is 0 Å². The number of hydrogen-bond donors (Lipinski definition) is 0. The Hall–Kier alpha value is -2.35. The van der Waals surface area contributed by atoms with Gasteiger partial charge in [0.2, 0.25) is 0 Å². The maximum atomic E-state index is 4.03. The molecule has 3 rings (SSSR count). The molecule has 0 saturated heterocycles. The zero-order valence-electron chi connectivity index (χ0n) is 10.9. The summed E-state index contributed by atoms with van der Waals surface area (Å²) in [5.74, 6) is 0. The lowest BCUT2D eigenvalue weighted by Gasteiger charge is -2.31. The first-order valence-electron chi connectivity index (χ1n) is 6.42. The van der Waals surface area contributed by atoms with Crippen LogP contribution in [-0.4, -0.2) is 23.0 Å². The number of hydrogen-bond acceptors (Lipinski definition) is 2. The molecule has 0 saturated carbocycles. The molecule has 1 aliphatic heterocycles. The molecule has 1 aliphatic carbocycles. The van der Waals surface area contributed by atoms with Crippen LogP contribution < -0.4 is 0 Å². The number of likely N-dealkylation sites (N-methyl/N-ethyl adjacent to an activating group) is 1. The monoisotopic (exact) mass is 248 g/mol. The fourth-order valence-corrected chi connectivity index (χ4v) is 2.35. The first-order chi connectivity index (χ1) is 9.34. The molecule has 0 bridgehead atoms. The average Bonchev–Trinajstić information content (AvgIpc) is 2.48. The van der Waals surface area contributed by atoms with Gasteiger partial charge >= 0.3 is 0 Å². The minimum absolute atomic E-state index is 0.354. The third-order valence-corrected chi connectivity index (χ3v) is 3.42. The van der Waals surface area contributed by atoms with E-state index in [0.717, 1.165) is 0 Å². The molecule has 0 radical (unpaired) electrons. The van der Waals surface area contributed by atoms with Gasteiger partial charge in [-0.2, -0.15) is 0 Å². The molecule has 0 N–H and O–H groups in total. The van der Waals surface area contributed by atoms with E-state index in [0.29, 0.717) is 6.04 Å². The van der Waals surface area contributed by atoms with E-state index in [1.807, 2.05) is 24.5 Å². The molecule has 94 valence electrons. The summed E-state index contributed by atoms with van der Waals surface area (Å²) in [6.07, 6.45) is 20.8. The van der Waals surface area contributed by atoms with Gasteiger partial charge in [-0.25, -0.2) is 0 Å². The van der Waals surface area contributed by atoms with Crippen molar-refractivity contribution in [2.75, 3.05) is 7.05 Å². The molecule has 2 aliphatic rings. The minimum Gasteiger partial charge on any atom is -0.370 e. The van der Waals surface area contributed by atoms with Gasteiger partial charge in [0, 0.05) is 25.6 Å². The molecular weight excluding hydrogens is 232 g/mol. The van der Waals surface area contributed by atoms with Gasteiger partial charge in [0.05, 0.1) is 6.04 Å². The normalized spacial score (nSPS) is 21.3. The van der Waals surface area contributed by atoms with Crippen LogP contribution in [0.15, 0.2) is 78.3 Å². The predicted octanol–water partition coefficient (Wildman–Crippen LogP) is 3.35. The zero-order valence-corrected chi connectivity index (χ0v) is 10.9. The SMILES string of the molecule is CN1C=CC(/C=C/c2ccncc2)=C2C=CC=CC21. The molecule has 1 atom stereocenters. The molecule has 1 aromatic rings. The van der Waals surface area contributed by atoms with E-state index in [4.69, 9.17) is 0 Å². The zero-order chi connectivity index (χ0) is 13.1. The molecule has 0 amide bonds. The van der Waals surface area contributed by atoms with Crippen molar-refractivity contribution in [1.82, 2.24) is 9.88 Å². The Kier molecular flexibility index (Phi) is 3.15. The average molecular weight is 248 g/mol. The van der Waals surface area contributed by atoms with E-state index in [1.54, 1.807) is 0 Å². The highest BCUT2D eigenvalue weighted by molar-refractivity contribution is 5.59. The van der Waals surface area contributed by atoms with E-state index >= 15 is 0 Å². The third kappa shape index (κ3) is 2.43. The van der Waals surface area contributed by atoms with Gasteiger partial charge in [-0.1, -0.05) is 36.5 Å². The van der Waals surface area contributed by atoms with Crippen molar-refractivity contribution >= 4 is 6.08 Å². The van der Waals surface area contributed by atoms with Crippen LogP contribution in [0.5, 0.6) is 0 Å². The highest BCUT2D eigenvalue weighted by Gasteiger charge is 2.19. The number of nitrogens with zero attached hydrogens (tertiary/aromatic N) is 2. The Morgan fingerprint density at radius 1 is 1.11 bits per heavy atom. The highest BCUT2D eigenvalue weighted by atomic mass is 15.1. The minimum atomic E-state index is 0.354. The summed E-state index contributed by atoms with van der Waals surface area (Å²) < 4.78 is 0. The van der Waals surface area contributed by atoms with E-state index in [1.165, 1.54) is 16.7 Å². The van der Waals surface area contributed by atoms with Crippen molar-refractivity contribution in [1.29, 1.82) is 0 Å². The van der Waals surface area contributed by atoms with Crippen molar-refractivity contribution in [3.8, 4) is 0 Å². The van der Waals surface area contributed by atoms with Crippen LogP contribution in [0.3, 0.4) is 0 Å². The van der Waals surface area contributed by atoms with Crippen molar-refractivity contribution in [2.45, 2.75) is 6.04 Å². The lowest BCUT2D eigenvalue weighted by molar-refractivity contribution is 0.420. The van der Waals surface area contributed by atoms with Crippen LogP contribution in [-0.2, 0) is 0 Å². The largest absolute Gasteiger partial charge is 0.370 e. The summed E-state index contributed by atoms with van der Waals surface area (Å²) in [4.78, 5) is 6.25. The smallest absolute Gasteiger partial charge is 0.0726 e. The second-order valence-electron chi connectivity index (χ2n) is 4.69. The predicted molar refractivity (Wildman–Crippen MR) is 79.3 cm³/mol. The Balaban J connectivity index is 1.92. The third-order valence-electron chi connectivity index (χ3n) is 3.42. The number of pyridine rings is 1. The van der Waals surface area contributed by atoms with Crippen LogP contribution in [0, 0.1) is 0 Å². The van der Waals surface area contributed by atoms with E-state index in [9.17, 15) is 0 Å². The molecule has 2 heterocycles. The van der Waals surface area contributed by atoms with Crippen LogP contribution in [0.4, 0.5) is 0 Å². The molecular formula is C17H16N2. The van der Waals surface area contributed by atoms with Gasteiger partial charge < -0.3 is 4.90 Å². The second kappa shape index (κ2) is 5.11. The molecule has 2 nitrogen and oxygen atoms in total. The van der Waals surface area contributed by atoms with E-state index < -0.39 is 0 Å². The molecule has 2 heteroatoms. The summed E-state index contributed by atoms with van der Waals surface area (Å²) in [6.45, 7) is 0. The van der Waals surface area contributed by atoms with Crippen molar-refractivity contribution in [3.05, 3.63) is 83.9 Å². The van der Waals surface area contributed by atoms with Crippen LogP contribution in [0.1, 0.15) is 5.56 Å².